The lowest BCUT2D eigenvalue weighted by atomic mass is 10.1. The summed E-state index contributed by atoms with van der Waals surface area (Å²) < 4.78 is 7.34. The second-order valence-electron chi connectivity index (χ2n) is 6.22. The SMILES string of the molecule is Cc1cc2nc(C(C)C)cc(NCC[C@H]3CCOC3)n2n1. The number of nitrogens with one attached hydrogen (secondary N) is 1. The fraction of sp³-hybridized carbons (Fsp3) is 0.625. The lowest BCUT2D eigenvalue weighted by molar-refractivity contribution is 0.185. The molecule has 1 atom stereocenters. The minimum Gasteiger partial charge on any atom is -0.381 e. The smallest absolute Gasteiger partial charge is 0.157 e. The molecular formula is C16H24N4O. The van der Waals surface area contributed by atoms with Crippen LogP contribution in [0.15, 0.2) is 12.1 Å². The summed E-state index contributed by atoms with van der Waals surface area (Å²) in [5, 5.41) is 8.06. The highest BCUT2D eigenvalue weighted by molar-refractivity contribution is 5.50. The number of aromatic nitrogens is 3. The molecule has 21 heavy (non-hydrogen) atoms. The summed E-state index contributed by atoms with van der Waals surface area (Å²) in [6.45, 7) is 9.11. The average molecular weight is 288 g/mol. The van der Waals surface area contributed by atoms with Crippen LogP contribution in [0.25, 0.3) is 5.65 Å². The summed E-state index contributed by atoms with van der Waals surface area (Å²) in [6, 6.07) is 4.15. The van der Waals surface area contributed by atoms with Crippen LogP contribution in [-0.2, 0) is 4.74 Å². The van der Waals surface area contributed by atoms with Gasteiger partial charge in [-0.1, -0.05) is 13.8 Å². The third-order valence-electron chi connectivity index (χ3n) is 4.04. The molecule has 3 heterocycles. The van der Waals surface area contributed by atoms with Gasteiger partial charge in [0.2, 0.25) is 0 Å². The zero-order valence-corrected chi connectivity index (χ0v) is 13.1. The Hall–Kier alpha value is -1.62. The van der Waals surface area contributed by atoms with Gasteiger partial charge in [0, 0.05) is 37.6 Å². The molecule has 2 aromatic heterocycles. The molecule has 0 bridgehead atoms. The van der Waals surface area contributed by atoms with Crippen LogP contribution in [0.2, 0.25) is 0 Å². The number of aryl methyl sites for hydroxylation is 1. The van der Waals surface area contributed by atoms with Crippen molar-refractivity contribution in [3.8, 4) is 0 Å². The summed E-state index contributed by atoms with van der Waals surface area (Å²) >= 11 is 0. The molecule has 0 unspecified atom stereocenters. The van der Waals surface area contributed by atoms with Gasteiger partial charge in [-0.15, -0.1) is 0 Å². The normalized spacial score (nSPS) is 18.8. The first-order chi connectivity index (χ1) is 10.1. The number of hydrogen-bond donors (Lipinski definition) is 1. The first-order valence-electron chi connectivity index (χ1n) is 7.82. The summed E-state index contributed by atoms with van der Waals surface area (Å²) in [5.74, 6) is 2.14. The van der Waals surface area contributed by atoms with Crippen LogP contribution in [-0.4, -0.2) is 34.4 Å². The van der Waals surface area contributed by atoms with Crippen molar-refractivity contribution >= 4 is 11.5 Å². The van der Waals surface area contributed by atoms with Crippen molar-refractivity contribution in [2.24, 2.45) is 5.92 Å². The number of ether oxygens (including phenoxy) is 1. The molecular weight excluding hydrogens is 264 g/mol. The number of hydrogen-bond acceptors (Lipinski definition) is 4. The number of fused-ring (bicyclic) bond motifs is 1. The van der Waals surface area contributed by atoms with Crippen LogP contribution < -0.4 is 5.32 Å². The highest BCUT2D eigenvalue weighted by atomic mass is 16.5. The molecule has 0 saturated carbocycles. The van der Waals surface area contributed by atoms with E-state index in [2.05, 4.69) is 35.3 Å². The van der Waals surface area contributed by atoms with Crippen molar-refractivity contribution in [3.63, 3.8) is 0 Å². The third-order valence-corrected chi connectivity index (χ3v) is 4.04. The number of anilines is 1. The van der Waals surface area contributed by atoms with Crippen LogP contribution in [0.5, 0.6) is 0 Å². The monoisotopic (exact) mass is 288 g/mol. The quantitative estimate of drug-likeness (QED) is 0.919. The first kappa shape index (κ1) is 14.3. The van der Waals surface area contributed by atoms with Gasteiger partial charge in [0.1, 0.15) is 5.82 Å². The van der Waals surface area contributed by atoms with Gasteiger partial charge in [-0.3, -0.25) is 0 Å². The van der Waals surface area contributed by atoms with Crippen molar-refractivity contribution in [2.75, 3.05) is 25.1 Å². The third kappa shape index (κ3) is 3.18. The molecule has 2 aromatic rings. The van der Waals surface area contributed by atoms with Gasteiger partial charge in [0.25, 0.3) is 0 Å². The van der Waals surface area contributed by atoms with Crippen molar-refractivity contribution in [1.82, 2.24) is 14.6 Å². The van der Waals surface area contributed by atoms with E-state index in [1.165, 1.54) is 6.42 Å². The molecule has 0 amide bonds. The topological polar surface area (TPSA) is 51.5 Å². The van der Waals surface area contributed by atoms with Gasteiger partial charge in [0.15, 0.2) is 5.65 Å². The number of rotatable bonds is 5. The molecule has 0 aliphatic carbocycles. The molecule has 0 aromatic carbocycles. The molecule has 114 valence electrons. The van der Waals surface area contributed by atoms with E-state index in [0.29, 0.717) is 11.8 Å². The lowest BCUT2D eigenvalue weighted by Crippen LogP contribution is -2.12. The summed E-state index contributed by atoms with van der Waals surface area (Å²) in [4.78, 5) is 4.68. The van der Waals surface area contributed by atoms with Gasteiger partial charge >= 0.3 is 0 Å². The Morgan fingerprint density at radius 1 is 1.43 bits per heavy atom. The van der Waals surface area contributed by atoms with E-state index in [9.17, 15) is 0 Å². The van der Waals surface area contributed by atoms with Crippen molar-refractivity contribution < 1.29 is 4.74 Å². The van der Waals surface area contributed by atoms with E-state index in [1.54, 1.807) is 0 Å². The predicted octanol–water partition coefficient (Wildman–Crippen LogP) is 3.00. The van der Waals surface area contributed by atoms with E-state index in [0.717, 1.165) is 49.0 Å². The van der Waals surface area contributed by atoms with Crippen molar-refractivity contribution in [2.45, 2.75) is 39.5 Å². The first-order valence-corrected chi connectivity index (χ1v) is 7.82. The Morgan fingerprint density at radius 3 is 3.00 bits per heavy atom. The zero-order valence-electron chi connectivity index (χ0n) is 13.1. The Labute approximate surface area is 125 Å². The molecule has 5 nitrogen and oxygen atoms in total. The van der Waals surface area contributed by atoms with Gasteiger partial charge in [-0.2, -0.15) is 9.61 Å². The van der Waals surface area contributed by atoms with Gasteiger partial charge < -0.3 is 10.1 Å². The second kappa shape index (κ2) is 6.02. The lowest BCUT2D eigenvalue weighted by Gasteiger charge is -2.13. The fourth-order valence-corrected chi connectivity index (χ4v) is 2.75. The molecule has 0 radical (unpaired) electrons. The van der Waals surface area contributed by atoms with Gasteiger partial charge in [-0.05, 0) is 31.6 Å². The largest absolute Gasteiger partial charge is 0.381 e. The van der Waals surface area contributed by atoms with Crippen molar-refractivity contribution in [1.29, 1.82) is 0 Å². The van der Waals surface area contributed by atoms with E-state index in [1.807, 2.05) is 17.5 Å². The fourth-order valence-electron chi connectivity index (χ4n) is 2.75. The summed E-state index contributed by atoms with van der Waals surface area (Å²) in [6.07, 6.45) is 2.33. The van der Waals surface area contributed by atoms with Crippen LogP contribution in [0, 0.1) is 12.8 Å². The minimum absolute atomic E-state index is 0.411. The molecule has 1 fully saturated rings. The van der Waals surface area contributed by atoms with E-state index >= 15 is 0 Å². The van der Waals surface area contributed by atoms with Crippen LogP contribution >= 0.6 is 0 Å². The van der Waals surface area contributed by atoms with Crippen LogP contribution in [0.1, 0.15) is 44.0 Å². The molecule has 1 aliphatic heterocycles. The van der Waals surface area contributed by atoms with Crippen molar-refractivity contribution in [3.05, 3.63) is 23.5 Å². The Bertz CT molecular complexity index is 614. The molecule has 1 saturated heterocycles. The minimum atomic E-state index is 0.411. The van der Waals surface area contributed by atoms with Gasteiger partial charge in [-0.25, -0.2) is 4.98 Å². The zero-order chi connectivity index (χ0) is 14.8. The Kier molecular flexibility index (Phi) is 4.10. The maximum atomic E-state index is 5.43. The van der Waals surface area contributed by atoms with Crippen LogP contribution in [0.4, 0.5) is 5.82 Å². The number of nitrogens with zero attached hydrogens (tertiary/aromatic N) is 3. The highest BCUT2D eigenvalue weighted by Gasteiger charge is 2.15. The molecule has 5 heteroatoms. The van der Waals surface area contributed by atoms with Crippen LogP contribution in [0.3, 0.4) is 0 Å². The molecule has 1 aliphatic rings. The molecule has 3 rings (SSSR count). The van der Waals surface area contributed by atoms with E-state index in [-0.39, 0.29) is 0 Å². The summed E-state index contributed by atoms with van der Waals surface area (Å²) in [5.41, 5.74) is 3.02. The Morgan fingerprint density at radius 2 is 2.29 bits per heavy atom. The van der Waals surface area contributed by atoms with Gasteiger partial charge in [0.05, 0.1) is 5.69 Å². The predicted molar refractivity (Wildman–Crippen MR) is 83.8 cm³/mol. The van der Waals surface area contributed by atoms with E-state index in [4.69, 9.17) is 4.74 Å². The second-order valence-corrected chi connectivity index (χ2v) is 6.22. The average Bonchev–Trinajstić information content (AvgIpc) is 3.06. The molecule has 0 spiro atoms. The maximum Gasteiger partial charge on any atom is 0.157 e. The Balaban J connectivity index is 1.78. The standard InChI is InChI=1S/C16H24N4O/c1-11(2)14-9-15(17-6-4-13-5-7-21-10-13)20-16(18-14)8-12(3)19-20/h8-9,11,13,17H,4-7,10H2,1-3H3/t13-/m0/s1. The van der Waals surface area contributed by atoms with E-state index < -0.39 is 0 Å². The highest BCUT2D eigenvalue weighted by Crippen LogP contribution is 2.21. The maximum absolute atomic E-state index is 5.43. The summed E-state index contributed by atoms with van der Waals surface area (Å²) in [7, 11) is 0. The molecule has 1 N–H and O–H groups in total.